The van der Waals surface area contributed by atoms with E-state index in [-0.39, 0.29) is 31.0 Å². The molecule has 0 saturated heterocycles. The van der Waals surface area contributed by atoms with Crippen molar-refractivity contribution in [3.63, 3.8) is 0 Å². The highest BCUT2D eigenvalue weighted by atomic mass is 16.2. The summed E-state index contributed by atoms with van der Waals surface area (Å²) in [5, 5.41) is 4.30. The predicted octanol–water partition coefficient (Wildman–Crippen LogP) is 6.02. The second-order valence-corrected chi connectivity index (χ2v) is 7.81. The normalized spacial score (nSPS) is 11.2. The average Bonchev–Trinajstić information content (AvgIpc) is 2.81. The number of ketones is 3. The number of Topliss-reactive ketones (excluding diaryl/α,β-unsaturated/α-hetero) is 3. The van der Waals surface area contributed by atoms with Gasteiger partial charge in [-0.15, -0.1) is 0 Å². The Morgan fingerprint density at radius 2 is 1.13 bits per heavy atom. The summed E-state index contributed by atoms with van der Waals surface area (Å²) >= 11 is 0. The Bertz CT molecular complexity index is 1200. The fraction of sp³-hybridized carbons (Fsp3) is 0.179. The maximum Gasteiger partial charge on any atom is 0.205 e. The minimum atomic E-state index is -0.600. The van der Waals surface area contributed by atoms with E-state index >= 15 is 0 Å². The zero-order chi connectivity index (χ0) is 21.8. The van der Waals surface area contributed by atoms with Crippen molar-refractivity contribution in [3.8, 4) is 0 Å². The third-order valence-corrected chi connectivity index (χ3v) is 5.85. The Morgan fingerprint density at radius 3 is 1.65 bits per heavy atom. The van der Waals surface area contributed by atoms with Crippen LogP contribution in [0, 0.1) is 0 Å². The van der Waals surface area contributed by atoms with Crippen LogP contribution in [0.3, 0.4) is 0 Å². The summed E-state index contributed by atoms with van der Waals surface area (Å²) in [6.07, 6.45) is -0.0138. The van der Waals surface area contributed by atoms with Crippen LogP contribution in [0.15, 0.2) is 84.9 Å². The first-order valence-corrected chi connectivity index (χ1v) is 10.6. The average molecular weight is 408 g/mol. The molecule has 0 heterocycles. The first-order chi connectivity index (χ1) is 15.1. The molecule has 0 aromatic heterocycles. The molecular formula is C28H24O3. The Balaban J connectivity index is 1.84. The molecule has 3 nitrogen and oxygen atoms in total. The van der Waals surface area contributed by atoms with Gasteiger partial charge in [0, 0.05) is 18.8 Å². The molecule has 154 valence electrons. The van der Waals surface area contributed by atoms with Crippen LogP contribution in [0.2, 0.25) is 0 Å². The van der Waals surface area contributed by atoms with Crippen LogP contribution >= 0.6 is 0 Å². The second-order valence-electron chi connectivity index (χ2n) is 7.81. The van der Waals surface area contributed by atoms with E-state index in [1.165, 1.54) is 0 Å². The van der Waals surface area contributed by atoms with E-state index in [9.17, 15) is 14.4 Å². The fourth-order valence-corrected chi connectivity index (χ4v) is 4.20. The molecule has 0 aliphatic heterocycles. The number of carbonyl (C=O) groups excluding carboxylic acids is 3. The van der Waals surface area contributed by atoms with E-state index in [2.05, 4.69) is 12.1 Å². The van der Waals surface area contributed by atoms with E-state index in [1.807, 2.05) is 72.8 Å². The van der Waals surface area contributed by atoms with Gasteiger partial charge in [0.15, 0.2) is 5.78 Å². The maximum atomic E-state index is 12.9. The maximum absolute atomic E-state index is 12.9. The molecule has 0 amide bonds. The van der Waals surface area contributed by atoms with E-state index in [4.69, 9.17) is 0 Å². The van der Waals surface area contributed by atoms with Gasteiger partial charge in [0.05, 0.1) is 6.42 Å². The van der Waals surface area contributed by atoms with Crippen LogP contribution in [0.25, 0.3) is 21.5 Å². The zero-order valence-electron chi connectivity index (χ0n) is 17.5. The minimum Gasteiger partial charge on any atom is -0.299 e. The molecule has 31 heavy (non-hydrogen) atoms. The monoisotopic (exact) mass is 408 g/mol. The van der Waals surface area contributed by atoms with Gasteiger partial charge in [-0.25, -0.2) is 0 Å². The van der Waals surface area contributed by atoms with Crippen molar-refractivity contribution in [2.45, 2.75) is 32.1 Å². The summed E-state index contributed by atoms with van der Waals surface area (Å²) < 4.78 is 0. The van der Waals surface area contributed by atoms with E-state index in [0.717, 1.165) is 32.7 Å². The van der Waals surface area contributed by atoms with E-state index in [1.54, 1.807) is 6.92 Å². The van der Waals surface area contributed by atoms with Gasteiger partial charge in [0.2, 0.25) is 5.78 Å². The van der Waals surface area contributed by atoms with Crippen LogP contribution < -0.4 is 0 Å². The summed E-state index contributed by atoms with van der Waals surface area (Å²) in [5.74, 6) is -1.58. The molecule has 0 N–H and O–H groups in total. The van der Waals surface area contributed by atoms with Crippen LogP contribution in [0.5, 0.6) is 0 Å². The number of benzene rings is 4. The van der Waals surface area contributed by atoms with Gasteiger partial charge in [-0.1, -0.05) is 91.9 Å². The molecule has 4 aromatic rings. The largest absolute Gasteiger partial charge is 0.299 e. The lowest BCUT2D eigenvalue weighted by molar-refractivity contribution is -0.138. The molecule has 0 aliphatic rings. The van der Waals surface area contributed by atoms with Crippen molar-refractivity contribution >= 4 is 38.9 Å². The summed E-state index contributed by atoms with van der Waals surface area (Å²) in [4.78, 5) is 37.1. The van der Waals surface area contributed by atoms with Crippen molar-refractivity contribution in [2.24, 2.45) is 0 Å². The molecule has 0 atom stereocenters. The second kappa shape index (κ2) is 9.05. The first kappa shape index (κ1) is 20.7. The number of fused-ring (bicyclic) bond motifs is 2. The number of carbonyl (C=O) groups is 3. The lowest BCUT2D eigenvalue weighted by atomic mass is 9.81. The summed E-state index contributed by atoms with van der Waals surface area (Å²) in [6.45, 7) is 1.70. The van der Waals surface area contributed by atoms with Crippen molar-refractivity contribution < 1.29 is 14.4 Å². The van der Waals surface area contributed by atoms with Crippen molar-refractivity contribution in [1.29, 1.82) is 0 Å². The molecule has 3 heteroatoms. The van der Waals surface area contributed by atoms with Gasteiger partial charge < -0.3 is 0 Å². The van der Waals surface area contributed by atoms with Crippen molar-refractivity contribution in [1.82, 2.24) is 0 Å². The third-order valence-electron chi connectivity index (χ3n) is 5.85. The molecule has 0 spiro atoms. The quantitative estimate of drug-likeness (QED) is 0.264. The smallest absolute Gasteiger partial charge is 0.205 e. The topological polar surface area (TPSA) is 51.2 Å². The molecule has 4 rings (SSSR count). The highest BCUT2D eigenvalue weighted by Crippen LogP contribution is 2.37. The molecular weight excluding hydrogens is 384 g/mol. The SMILES string of the molecule is CCC(=O)CC(=O)C(=O)CC(c1cccc2ccccc12)c1cccc2ccccc12. The van der Waals surface area contributed by atoms with Gasteiger partial charge in [-0.3, -0.25) is 14.4 Å². The van der Waals surface area contributed by atoms with E-state index < -0.39 is 11.6 Å². The Kier molecular flexibility index (Phi) is 6.03. The van der Waals surface area contributed by atoms with Crippen molar-refractivity contribution in [2.75, 3.05) is 0 Å². The molecule has 0 bridgehead atoms. The first-order valence-electron chi connectivity index (χ1n) is 10.6. The lowest BCUT2D eigenvalue weighted by Crippen LogP contribution is -2.20. The van der Waals surface area contributed by atoms with Gasteiger partial charge in [-0.2, -0.15) is 0 Å². The highest BCUT2D eigenvalue weighted by Gasteiger charge is 2.26. The Hall–Kier alpha value is -3.59. The molecule has 0 fully saturated rings. The molecule has 0 aliphatic carbocycles. The summed E-state index contributed by atoms with van der Waals surface area (Å²) in [5.41, 5.74) is 2.02. The lowest BCUT2D eigenvalue weighted by Gasteiger charge is -2.21. The molecule has 0 saturated carbocycles. The zero-order valence-corrected chi connectivity index (χ0v) is 17.5. The third kappa shape index (κ3) is 4.31. The van der Waals surface area contributed by atoms with Crippen LogP contribution in [0.1, 0.15) is 43.2 Å². The van der Waals surface area contributed by atoms with Gasteiger partial charge >= 0.3 is 0 Å². The van der Waals surface area contributed by atoms with E-state index in [0.29, 0.717) is 0 Å². The number of rotatable bonds is 8. The van der Waals surface area contributed by atoms with Gasteiger partial charge in [-0.05, 0) is 32.7 Å². The fourth-order valence-electron chi connectivity index (χ4n) is 4.20. The molecule has 0 unspecified atom stereocenters. The highest BCUT2D eigenvalue weighted by molar-refractivity contribution is 6.40. The summed E-state index contributed by atoms with van der Waals surface area (Å²) in [7, 11) is 0. The Labute approximate surface area is 181 Å². The summed E-state index contributed by atoms with van der Waals surface area (Å²) in [6, 6.07) is 28.3. The van der Waals surface area contributed by atoms with Gasteiger partial charge in [0.25, 0.3) is 0 Å². The van der Waals surface area contributed by atoms with Crippen LogP contribution in [0.4, 0.5) is 0 Å². The number of hydrogen-bond acceptors (Lipinski definition) is 3. The standard InChI is InChI=1S/C28H24O3/c1-2-21(29)17-27(30)28(31)18-26(24-15-7-11-19-9-3-5-13-22(19)24)25-16-8-12-20-10-4-6-14-23(20)25/h3-16,26H,2,17-18H2,1H3. The molecule has 4 aromatic carbocycles. The van der Waals surface area contributed by atoms with Gasteiger partial charge in [0.1, 0.15) is 5.78 Å². The van der Waals surface area contributed by atoms with Crippen LogP contribution in [-0.4, -0.2) is 17.3 Å². The Morgan fingerprint density at radius 1 is 0.645 bits per heavy atom. The minimum absolute atomic E-state index is 0.0395. The van der Waals surface area contributed by atoms with Crippen molar-refractivity contribution in [3.05, 3.63) is 96.1 Å². The molecule has 0 radical (unpaired) electrons. The predicted molar refractivity (Wildman–Crippen MR) is 124 cm³/mol. The number of hydrogen-bond donors (Lipinski definition) is 0. The van der Waals surface area contributed by atoms with Crippen LogP contribution in [-0.2, 0) is 14.4 Å².